The Balaban J connectivity index is 1.56. The molecule has 0 bridgehead atoms. The van der Waals surface area contributed by atoms with Crippen molar-refractivity contribution in [3.63, 3.8) is 0 Å². The molecule has 1 N–H and O–H groups in total. The van der Waals surface area contributed by atoms with E-state index in [1.807, 2.05) is 42.2 Å². The molecule has 2 aromatic rings. The number of aryl methyl sites for hydroxylation is 1. The van der Waals surface area contributed by atoms with Crippen LogP contribution in [0.15, 0.2) is 34.8 Å². The highest BCUT2D eigenvalue weighted by Gasteiger charge is 2.24. The topological polar surface area (TPSA) is 71.1 Å². The summed E-state index contributed by atoms with van der Waals surface area (Å²) in [4.78, 5) is 28.8. The summed E-state index contributed by atoms with van der Waals surface area (Å²) >= 11 is 3.42. The minimum Gasteiger partial charge on any atom is -0.493 e. The van der Waals surface area contributed by atoms with Gasteiger partial charge in [-0.15, -0.1) is 0 Å². The van der Waals surface area contributed by atoms with Crippen molar-refractivity contribution in [1.82, 2.24) is 9.80 Å². The molecular formula is C23H28BrN3O4. The Morgan fingerprint density at radius 3 is 2.42 bits per heavy atom. The van der Waals surface area contributed by atoms with E-state index in [-0.39, 0.29) is 24.9 Å². The van der Waals surface area contributed by atoms with Crippen LogP contribution in [-0.4, -0.2) is 62.5 Å². The van der Waals surface area contributed by atoms with Crippen LogP contribution in [0.2, 0.25) is 0 Å². The first-order chi connectivity index (χ1) is 14.8. The molecule has 0 spiro atoms. The first-order valence-electron chi connectivity index (χ1n) is 10.1. The van der Waals surface area contributed by atoms with Crippen molar-refractivity contribution in [2.75, 3.05) is 46.2 Å². The summed E-state index contributed by atoms with van der Waals surface area (Å²) in [5, 5.41) is 2.91. The normalized spacial score (nSPS) is 13.0. The number of rotatable bonds is 7. The number of nitrogens with one attached hydrogen (secondary N) is 1. The molecule has 2 amide bonds. The number of carbonyl (C=O) groups excluding carboxylic acids is 2. The van der Waals surface area contributed by atoms with Crippen molar-refractivity contribution < 1.29 is 19.1 Å². The summed E-state index contributed by atoms with van der Waals surface area (Å²) in [6.07, 6.45) is 0.758. The average molecular weight is 490 g/mol. The fourth-order valence-corrected chi connectivity index (χ4v) is 4.16. The van der Waals surface area contributed by atoms with Crippen LogP contribution in [0.3, 0.4) is 0 Å². The molecule has 7 nitrogen and oxygen atoms in total. The van der Waals surface area contributed by atoms with Crippen molar-refractivity contribution >= 4 is 33.4 Å². The lowest BCUT2D eigenvalue weighted by molar-refractivity contribution is -0.133. The third-order valence-electron chi connectivity index (χ3n) is 5.35. The first kappa shape index (κ1) is 23.1. The molecule has 2 aromatic carbocycles. The number of carbonyl (C=O) groups is 2. The number of likely N-dealkylation sites (N-methyl/N-ethyl adjacent to an activating group) is 1. The highest BCUT2D eigenvalue weighted by molar-refractivity contribution is 9.10. The van der Waals surface area contributed by atoms with Gasteiger partial charge in [0.1, 0.15) is 0 Å². The molecule has 0 atom stereocenters. The van der Waals surface area contributed by atoms with Crippen molar-refractivity contribution in [2.24, 2.45) is 0 Å². The number of ether oxygens (including phenoxy) is 2. The van der Waals surface area contributed by atoms with E-state index in [1.54, 1.807) is 26.2 Å². The smallest absolute Gasteiger partial charge is 0.238 e. The number of amides is 2. The molecule has 1 heterocycles. The lowest BCUT2D eigenvalue weighted by Crippen LogP contribution is -2.43. The molecule has 1 aliphatic rings. The number of benzene rings is 2. The van der Waals surface area contributed by atoms with E-state index in [0.717, 1.165) is 27.7 Å². The fourth-order valence-electron chi connectivity index (χ4n) is 3.69. The Labute approximate surface area is 191 Å². The summed E-state index contributed by atoms with van der Waals surface area (Å²) in [6.45, 7) is 3.41. The van der Waals surface area contributed by atoms with Gasteiger partial charge in [-0.2, -0.15) is 0 Å². The summed E-state index contributed by atoms with van der Waals surface area (Å²) in [5.41, 5.74) is 3.97. The van der Waals surface area contributed by atoms with Crippen LogP contribution < -0.4 is 14.8 Å². The monoisotopic (exact) mass is 489 g/mol. The van der Waals surface area contributed by atoms with Gasteiger partial charge in [-0.1, -0.05) is 15.9 Å². The first-order valence-corrected chi connectivity index (χ1v) is 10.9. The largest absolute Gasteiger partial charge is 0.493 e. The third-order valence-corrected chi connectivity index (χ3v) is 5.85. The number of nitrogens with zero attached hydrogens (tertiary/aromatic N) is 2. The predicted molar refractivity (Wildman–Crippen MR) is 124 cm³/mol. The van der Waals surface area contributed by atoms with Gasteiger partial charge in [-0.3, -0.25) is 14.5 Å². The van der Waals surface area contributed by atoms with Gasteiger partial charge in [0.25, 0.3) is 0 Å². The fraction of sp³-hybridized carbons (Fsp3) is 0.391. The van der Waals surface area contributed by atoms with Crippen LogP contribution in [-0.2, 0) is 22.6 Å². The number of hydrogen-bond acceptors (Lipinski definition) is 5. The van der Waals surface area contributed by atoms with Crippen LogP contribution >= 0.6 is 15.9 Å². The second-order valence-corrected chi connectivity index (χ2v) is 8.64. The van der Waals surface area contributed by atoms with Crippen LogP contribution in [0.4, 0.5) is 5.69 Å². The highest BCUT2D eigenvalue weighted by Crippen LogP contribution is 2.33. The molecule has 166 valence electrons. The van der Waals surface area contributed by atoms with E-state index in [1.165, 1.54) is 5.56 Å². The van der Waals surface area contributed by atoms with Crippen molar-refractivity contribution in [2.45, 2.75) is 19.9 Å². The lowest BCUT2D eigenvalue weighted by atomic mass is 9.98. The second kappa shape index (κ2) is 10.2. The molecular weight excluding hydrogens is 462 g/mol. The van der Waals surface area contributed by atoms with Crippen molar-refractivity contribution in [3.8, 4) is 11.5 Å². The zero-order chi connectivity index (χ0) is 22.5. The Morgan fingerprint density at radius 2 is 1.77 bits per heavy atom. The van der Waals surface area contributed by atoms with Crippen LogP contribution in [0, 0.1) is 6.92 Å². The molecule has 8 heteroatoms. The zero-order valence-electron chi connectivity index (χ0n) is 18.3. The van der Waals surface area contributed by atoms with Gasteiger partial charge in [0.15, 0.2) is 11.5 Å². The zero-order valence-corrected chi connectivity index (χ0v) is 19.9. The average Bonchev–Trinajstić information content (AvgIpc) is 2.74. The van der Waals surface area contributed by atoms with E-state index in [9.17, 15) is 9.59 Å². The van der Waals surface area contributed by atoms with Crippen molar-refractivity contribution in [3.05, 3.63) is 51.5 Å². The summed E-state index contributed by atoms with van der Waals surface area (Å²) in [7, 11) is 5.00. The maximum atomic E-state index is 12.8. The predicted octanol–water partition coefficient (Wildman–Crippen LogP) is 3.23. The van der Waals surface area contributed by atoms with Gasteiger partial charge in [0.2, 0.25) is 11.8 Å². The summed E-state index contributed by atoms with van der Waals surface area (Å²) in [5.74, 6) is 1.21. The van der Waals surface area contributed by atoms with Gasteiger partial charge in [-0.25, -0.2) is 0 Å². The van der Waals surface area contributed by atoms with E-state index in [4.69, 9.17) is 9.47 Å². The molecule has 3 rings (SSSR count). The minimum absolute atomic E-state index is 0.00411. The molecule has 1 aliphatic heterocycles. The van der Waals surface area contributed by atoms with E-state index < -0.39 is 0 Å². The summed E-state index contributed by atoms with van der Waals surface area (Å²) < 4.78 is 11.7. The van der Waals surface area contributed by atoms with Crippen molar-refractivity contribution in [1.29, 1.82) is 0 Å². The summed E-state index contributed by atoms with van der Waals surface area (Å²) in [6, 6.07) is 9.61. The maximum absolute atomic E-state index is 12.8. The lowest BCUT2D eigenvalue weighted by Gasteiger charge is -2.31. The van der Waals surface area contributed by atoms with Gasteiger partial charge >= 0.3 is 0 Å². The van der Waals surface area contributed by atoms with E-state index in [2.05, 4.69) is 21.2 Å². The third kappa shape index (κ3) is 5.77. The number of fused-ring (bicyclic) bond motifs is 1. The Kier molecular flexibility index (Phi) is 7.56. The Bertz CT molecular complexity index is 980. The number of halogens is 1. The van der Waals surface area contributed by atoms with E-state index >= 15 is 0 Å². The van der Waals surface area contributed by atoms with Gasteiger partial charge in [0, 0.05) is 23.2 Å². The molecule has 0 saturated heterocycles. The van der Waals surface area contributed by atoms with Gasteiger partial charge < -0.3 is 19.7 Å². The highest BCUT2D eigenvalue weighted by atomic mass is 79.9. The molecule has 31 heavy (non-hydrogen) atoms. The Hall–Kier alpha value is -2.58. The molecule has 0 saturated carbocycles. The quantitative estimate of drug-likeness (QED) is 0.646. The Morgan fingerprint density at radius 1 is 1.10 bits per heavy atom. The second-order valence-electron chi connectivity index (χ2n) is 7.72. The van der Waals surface area contributed by atoms with Crippen LogP contribution in [0.5, 0.6) is 11.5 Å². The SMILES string of the molecule is COc1cc2c(cc1OC)CN(C(=O)CN(C)CC(=O)Nc1ccc(Br)cc1C)CC2. The molecule has 0 unspecified atom stereocenters. The molecule has 0 aromatic heterocycles. The van der Waals surface area contributed by atoms with Gasteiger partial charge in [-0.05, 0) is 67.4 Å². The van der Waals surface area contributed by atoms with Crippen LogP contribution in [0.25, 0.3) is 0 Å². The molecule has 0 radical (unpaired) electrons. The van der Waals surface area contributed by atoms with Crippen LogP contribution in [0.1, 0.15) is 16.7 Å². The number of methoxy groups -OCH3 is 2. The minimum atomic E-state index is -0.151. The molecule has 0 aliphatic carbocycles. The maximum Gasteiger partial charge on any atom is 0.238 e. The van der Waals surface area contributed by atoms with Gasteiger partial charge in [0.05, 0.1) is 27.3 Å². The molecule has 0 fully saturated rings. The standard InChI is InChI=1S/C23H28BrN3O4/c1-15-9-18(24)5-6-19(15)25-22(28)13-26(2)14-23(29)27-8-7-16-10-20(30-3)21(31-4)11-17(16)12-27/h5-6,9-11H,7-8,12-14H2,1-4H3,(H,25,28). The number of hydrogen-bond donors (Lipinski definition) is 1. The number of anilines is 1. The van der Waals surface area contributed by atoms with E-state index in [0.29, 0.717) is 24.6 Å².